The molecule has 0 saturated carbocycles. The van der Waals surface area contributed by atoms with E-state index in [1.807, 2.05) is 24.1 Å². The molecule has 1 amide bonds. The lowest BCUT2D eigenvalue weighted by Crippen LogP contribution is -2.56. The van der Waals surface area contributed by atoms with E-state index in [2.05, 4.69) is 43.1 Å². The molecule has 1 aliphatic rings. The summed E-state index contributed by atoms with van der Waals surface area (Å²) in [6.45, 7) is 9.51. The van der Waals surface area contributed by atoms with Gasteiger partial charge >= 0.3 is 0 Å². The molecule has 4 nitrogen and oxygen atoms in total. The Hall–Kier alpha value is -1.39. The molecule has 1 aromatic carbocycles. The Kier molecular flexibility index (Phi) is 5.37. The number of carbonyl (C=O) groups is 1. The molecule has 0 aromatic heterocycles. The Morgan fingerprint density at radius 1 is 1.38 bits per heavy atom. The molecule has 2 unspecified atom stereocenters. The zero-order valence-electron chi connectivity index (χ0n) is 13.6. The lowest BCUT2D eigenvalue weighted by atomic mass is 10.1. The third-order valence-corrected chi connectivity index (χ3v) is 4.33. The SMILES string of the molecule is Cc1ccccc1CN(C)C(=O)CN1CC(C)NCC1C. The van der Waals surface area contributed by atoms with Crippen LogP contribution in [-0.4, -0.2) is 54.5 Å². The van der Waals surface area contributed by atoms with Crippen LogP contribution in [-0.2, 0) is 11.3 Å². The van der Waals surface area contributed by atoms with E-state index in [1.165, 1.54) is 11.1 Å². The maximum atomic E-state index is 12.4. The van der Waals surface area contributed by atoms with Gasteiger partial charge in [0.25, 0.3) is 0 Å². The van der Waals surface area contributed by atoms with Gasteiger partial charge in [-0.1, -0.05) is 24.3 Å². The first-order chi connectivity index (χ1) is 9.97. The molecule has 116 valence electrons. The largest absolute Gasteiger partial charge is 0.340 e. The number of rotatable bonds is 4. The molecule has 1 saturated heterocycles. The van der Waals surface area contributed by atoms with Crippen molar-refractivity contribution in [3.05, 3.63) is 35.4 Å². The van der Waals surface area contributed by atoms with Crippen molar-refractivity contribution >= 4 is 5.91 Å². The molecule has 2 atom stereocenters. The van der Waals surface area contributed by atoms with E-state index in [0.717, 1.165) is 13.1 Å². The van der Waals surface area contributed by atoms with Gasteiger partial charge in [0.05, 0.1) is 6.54 Å². The number of benzene rings is 1. The van der Waals surface area contributed by atoms with Crippen LogP contribution in [0, 0.1) is 6.92 Å². The molecule has 1 N–H and O–H groups in total. The summed E-state index contributed by atoms with van der Waals surface area (Å²) in [6, 6.07) is 9.11. The van der Waals surface area contributed by atoms with Crippen molar-refractivity contribution in [2.24, 2.45) is 0 Å². The number of piperazine rings is 1. The van der Waals surface area contributed by atoms with Gasteiger partial charge < -0.3 is 10.2 Å². The van der Waals surface area contributed by atoms with Gasteiger partial charge in [-0.05, 0) is 31.9 Å². The van der Waals surface area contributed by atoms with Gasteiger partial charge in [0.2, 0.25) is 5.91 Å². The molecular formula is C17H27N3O. The minimum atomic E-state index is 0.194. The highest BCUT2D eigenvalue weighted by molar-refractivity contribution is 5.78. The lowest BCUT2D eigenvalue weighted by Gasteiger charge is -2.37. The Morgan fingerprint density at radius 3 is 2.81 bits per heavy atom. The average Bonchev–Trinajstić information content (AvgIpc) is 2.45. The number of aryl methyl sites for hydroxylation is 1. The molecule has 0 aliphatic carbocycles. The van der Waals surface area contributed by atoms with Crippen molar-refractivity contribution in [2.75, 3.05) is 26.7 Å². The molecule has 0 radical (unpaired) electrons. The van der Waals surface area contributed by atoms with Crippen molar-refractivity contribution in [1.29, 1.82) is 0 Å². The van der Waals surface area contributed by atoms with E-state index in [4.69, 9.17) is 0 Å². The maximum Gasteiger partial charge on any atom is 0.236 e. The number of hydrogen-bond acceptors (Lipinski definition) is 3. The zero-order chi connectivity index (χ0) is 15.4. The fraction of sp³-hybridized carbons (Fsp3) is 0.588. The average molecular weight is 289 g/mol. The minimum Gasteiger partial charge on any atom is -0.340 e. The molecule has 2 rings (SSSR count). The van der Waals surface area contributed by atoms with E-state index in [0.29, 0.717) is 25.2 Å². The molecule has 0 spiro atoms. The summed E-state index contributed by atoms with van der Waals surface area (Å²) < 4.78 is 0. The van der Waals surface area contributed by atoms with Crippen LogP contribution in [0.3, 0.4) is 0 Å². The van der Waals surface area contributed by atoms with Crippen molar-refractivity contribution in [3.8, 4) is 0 Å². The zero-order valence-corrected chi connectivity index (χ0v) is 13.6. The van der Waals surface area contributed by atoms with Gasteiger partial charge in [0.1, 0.15) is 0 Å². The van der Waals surface area contributed by atoms with E-state index < -0.39 is 0 Å². The quantitative estimate of drug-likeness (QED) is 0.915. The molecule has 21 heavy (non-hydrogen) atoms. The molecule has 1 aromatic rings. The minimum absolute atomic E-state index is 0.194. The standard InChI is InChI=1S/C17H27N3O/c1-13-7-5-6-8-16(13)11-19(4)17(21)12-20-10-14(2)18-9-15(20)3/h5-8,14-15,18H,9-12H2,1-4H3. The molecule has 1 heterocycles. The second kappa shape index (κ2) is 7.05. The van der Waals surface area contributed by atoms with E-state index in [9.17, 15) is 4.79 Å². The van der Waals surface area contributed by atoms with Crippen LogP contribution in [0.25, 0.3) is 0 Å². The number of amides is 1. The first-order valence-electron chi connectivity index (χ1n) is 7.73. The van der Waals surface area contributed by atoms with Crippen molar-refractivity contribution in [3.63, 3.8) is 0 Å². The van der Waals surface area contributed by atoms with Crippen LogP contribution in [0.1, 0.15) is 25.0 Å². The molecule has 1 aliphatic heterocycles. The third kappa shape index (κ3) is 4.29. The van der Waals surface area contributed by atoms with Crippen LogP contribution < -0.4 is 5.32 Å². The number of likely N-dealkylation sites (N-methyl/N-ethyl adjacent to an activating group) is 1. The summed E-state index contributed by atoms with van der Waals surface area (Å²) in [5, 5.41) is 3.44. The number of nitrogens with zero attached hydrogens (tertiary/aromatic N) is 2. The van der Waals surface area contributed by atoms with E-state index >= 15 is 0 Å². The summed E-state index contributed by atoms with van der Waals surface area (Å²) in [5.74, 6) is 0.194. The normalized spacial score (nSPS) is 23.0. The predicted molar refractivity (Wildman–Crippen MR) is 86.2 cm³/mol. The first kappa shape index (κ1) is 16.0. The van der Waals surface area contributed by atoms with Crippen LogP contribution in [0.2, 0.25) is 0 Å². The highest BCUT2D eigenvalue weighted by Crippen LogP contribution is 2.11. The van der Waals surface area contributed by atoms with Crippen molar-refractivity contribution < 1.29 is 4.79 Å². The van der Waals surface area contributed by atoms with Crippen LogP contribution in [0.5, 0.6) is 0 Å². The van der Waals surface area contributed by atoms with Crippen LogP contribution >= 0.6 is 0 Å². The Balaban J connectivity index is 1.92. The summed E-state index contributed by atoms with van der Waals surface area (Å²) in [5.41, 5.74) is 2.45. The Labute approximate surface area is 128 Å². The Morgan fingerprint density at radius 2 is 2.10 bits per heavy atom. The summed E-state index contributed by atoms with van der Waals surface area (Å²) in [4.78, 5) is 16.6. The predicted octanol–water partition coefficient (Wildman–Crippen LogP) is 1.64. The molecular weight excluding hydrogens is 262 g/mol. The van der Waals surface area contributed by atoms with Gasteiger partial charge in [-0.2, -0.15) is 0 Å². The topological polar surface area (TPSA) is 35.6 Å². The first-order valence-corrected chi connectivity index (χ1v) is 7.73. The lowest BCUT2D eigenvalue weighted by molar-refractivity contribution is -0.132. The Bertz CT molecular complexity index is 489. The third-order valence-electron chi connectivity index (χ3n) is 4.33. The van der Waals surface area contributed by atoms with Crippen molar-refractivity contribution in [2.45, 2.75) is 39.4 Å². The van der Waals surface area contributed by atoms with Gasteiger partial charge in [-0.25, -0.2) is 0 Å². The van der Waals surface area contributed by atoms with Gasteiger partial charge in [-0.3, -0.25) is 9.69 Å². The highest BCUT2D eigenvalue weighted by atomic mass is 16.2. The number of carbonyl (C=O) groups excluding carboxylic acids is 1. The van der Waals surface area contributed by atoms with Crippen LogP contribution in [0.15, 0.2) is 24.3 Å². The van der Waals surface area contributed by atoms with Crippen LogP contribution in [0.4, 0.5) is 0 Å². The van der Waals surface area contributed by atoms with Crippen molar-refractivity contribution in [1.82, 2.24) is 15.1 Å². The summed E-state index contributed by atoms with van der Waals surface area (Å²) in [6.07, 6.45) is 0. The smallest absolute Gasteiger partial charge is 0.236 e. The fourth-order valence-corrected chi connectivity index (χ4v) is 2.74. The second-order valence-corrected chi connectivity index (χ2v) is 6.26. The van der Waals surface area contributed by atoms with Gasteiger partial charge in [0.15, 0.2) is 0 Å². The highest BCUT2D eigenvalue weighted by Gasteiger charge is 2.25. The van der Waals surface area contributed by atoms with E-state index in [1.54, 1.807) is 0 Å². The maximum absolute atomic E-state index is 12.4. The summed E-state index contributed by atoms with van der Waals surface area (Å²) in [7, 11) is 1.89. The number of hydrogen-bond donors (Lipinski definition) is 1. The monoisotopic (exact) mass is 289 g/mol. The molecule has 4 heteroatoms. The van der Waals surface area contributed by atoms with Gasteiger partial charge in [-0.15, -0.1) is 0 Å². The summed E-state index contributed by atoms with van der Waals surface area (Å²) >= 11 is 0. The second-order valence-electron chi connectivity index (χ2n) is 6.26. The molecule has 0 bridgehead atoms. The number of nitrogens with one attached hydrogen (secondary N) is 1. The van der Waals surface area contributed by atoms with Gasteiger partial charge in [0, 0.05) is 38.8 Å². The van der Waals surface area contributed by atoms with E-state index in [-0.39, 0.29) is 5.91 Å². The molecule has 1 fully saturated rings. The fourth-order valence-electron chi connectivity index (χ4n) is 2.74.